The number of unbranched alkanes of at least 4 members (excludes halogenated alkanes) is 3. The van der Waals surface area contributed by atoms with E-state index < -0.39 is 77.4 Å². The summed E-state index contributed by atoms with van der Waals surface area (Å²) in [6, 6.07) is 13.7. The Kier molecular flexibility index (Phi) is 16.1. The lowest BCUT2D eigenvalue weighted by molar-refractivity contribution is -0.232. The molecule has 0 saturated carbocycles. The first kappa shape index (κ1) is 52.4. The Bertz CT molecular complexity index is 2620. The lowest BCUT2D eigenvalue weighted by Gasteiger charge is -2.43. The maximum Gasteiger partial charge on any atom is 0.436 e. The summed E-state index contributed by atoms with van der Waals surface area (Å²) in [5.74, 6) is -4.86. The minimum Gasteiger partial charge on any atom is -0.493 e. The summed E-state index contributed by atoms with van der Waals surface area (Å²) in [4.78, 5) is 52.0. The Morgan fingerprint density at radius 3 is 2.27 bits per heavy atom. The fourth-order valence-corrected chi connectivity index (χ4v) is 10.2. The number of aryl methyl sites for hydroxylation is 1. The van der Waals surface area contributed by atoms with Crippen molar-refractivity contribution in [3.8, 4) is 16.2 Å². The zero-order valence-corrected chi connectivity index (χ0v) is 41.5. The molecule has 12 nitrogen and oxygen atoms in total. The molecule has 5 aromatic rings. The molecule has 18 heteroatoms. The van der Waals surface area contributed by atoms with Gasteiger partial charge in [0.25, 0.3) is 0 Å². The Morgan fingerprint density at radius 1 is 0.957 bits per heavy atom. The first-order chi connectivity index (χ1) is 33.0. The fourth-order valence-electron chi connectivity index (χ4n) is 9.41. The molecule has 4 N–H and O–H groups in total. The molecule has 378 valence electrons. The number of ether oxygens (including phenoxy) is 2. The van der Waals surface area contributed by atoms with Gasteiger partial charge in [-0.25, -0.2) is 18.2 Å². The van der Waals surface area contributed by atoms with E-state index in [9.17, 15) is 19.5 Å². The third kappa shape index (κ3) is 12.2. The number of fused-ring (bicyclic) bond motifs is 3. The number of likely N-dealkylation sites (tertiary alicyclic amines) is 1. The molecule has 2 aliphatic rings. The number of thiazole rings is 1. The Morgan fingerprint density at radius 2 is 1.63 bits per heavy atom. The number of para-hydroxylation sites is 1. The van der Waals surface area contributed by atoms with Crippen molar-refractivity contribution in [3.05, 3.63) is 106 Å². The smallest absolute Gasteiger partial charge is 0.436 e. The van der Waals surface area contributed by atoms with Gasteiger partial charge in [0, 0.05) is 66.4 Å². The van der Waals surface area contributed by atoms with E-state index in [0.29, 0.717) is 31.4 Å². The molecule has 3 amide bonds. The number of benzene rings is 3. The number of carbonyl (C=O) groups is 3. The molecular weight excluding hydrogens is 932 g/mol. The molecule has 1 fully saturated rings. The molecule has 0 spiro atoms. The van der Waals surface area contributed by atoms with Crippen LogP contribution in [0.1, 0.15) is 108 Å². The van der Waals surface area contributed by atoms with Crippen LogP contribution < -0.4 is 15.4 Å². The monoisotopic (exact) mass is 994 g/mol. The van der Waals surface area contributed by atoms with Gasteiger partial charge in [-0.2, -0.15) is 8.78 Å². The van der Waals surface area contributed by atoms with E-state index in [1.807, 2.05) is 62.4 Å². The SMILES string of the molecule is Cc1ncsc1-c1ccc(CNC(=O)[C@@H]2C[C@@H](O)CN2C(=O)[C@@H](NC(=O)C(F)(F)OCCCCCCOc2cc(F)c([C@@H]3c4[nH]c5ccccc5c4C[C@@H](C)N3CC(C)(C)F)c(F)c2)C(C)(C)C)cc1. The number of carbonyl (C=O) groups excluding carboxylic acids is 3. The Hall–Kier alpha value is -5.43. The fraction of sp³-hybridized carbons (Fsp3) is 0.500. The van der Waals surface area contributed by atoms with Gasteiger partial charge in [0.2, 0.25) is 11.8 Å². The lowest BCUT2D eigenvalue weighted by Crippen LogP contribution is -2.60. The van der Waals surface area contributed by atoms with Crippen molar-refractivity contribution >= 4 is 40.0 Å². The number of aliphatic hydroxyl groups is 1. The number of alkyl halides is 3. The summed E-state index contributed by atoms with van der Waals surface area (Å²) in [5.41, 5.74) is 3.91. The molecule has 0 radical (unpaired) electrons. The molecule has 0 unspecified atom stereocenters. The number of aliphatic hydroxyl groups excluding tert-OH is 1. The second-order valence-corrected chi connectivity index (χ2v) is 21.0. The molecule has 2 aromatic heterocycles. The number of nitrogens with one attached hydrogen (secondary N) is 3. The third-order valence-corrected chi connectivity index (χ3v) is 13.9. The van der Waals surface area contributed by atoms with Crippen molar-refractivity contribution in [1.82, 2.24) is 30.4 Å². The normalized spacial score (nSPS) is 19.3. The van der Waals surface area contributed by atoms with Gasteiger partial charge in [-0.3, -0.25) is 19.3 Å². The van der Waals surface area contributed by atoms with Gasteiger partial charge in [0.15, 0.2) is 0 Å². The summed E-state index contributed by atoms with van der Waals surface area (Å²) in [6.45, 7) is 10.9. The summed E-state index contributed by atoms with van der Waals surface area (Å²) in [6.07, 6.45) is -3.40. The molecule has 1 saturated heterocycles. The number of β-amino-alcohol motifs (C(OH)–C–C–N with tert-alkyl or cyclic N) is 1. The molecule has 4 heterocycles. The Labute approximate surface area is 409 Å². The lowest BCUT2D eigenvalue weighted by atomic mass is 9.85. The summed E-state index contributed by atoms with van der Waals surface area (Å²) < 4.78 is 88.0. The summed E-state index contributed by atoms with van der Waals surface area (Å²) >= 11 is 1.52. The maximum atomic E-state index is 16.1. The van der Waals surface area contributed by atoms with Crippen molar-refractivity contribution < 1.29 is 50.9 Å². The van der Waals surface area contributed by atoms with Crippen LogP contribution in [0.2, 0.25) is 0 Å². The molecule has 0 bridgehead atoms. The van der Waals surface area contributed by atoms with Crippen molar-refractivity contribution in [2.45, 2.75) is 136 Å². The molecule has 2 aliphatic heterocycles. The average Bonchev–Trinajstić information content (AvgIpc) is 4.01. The molecule has 5 atom stereocenters. The van der Waals surface area contributed by atoms with Crippen molar-refractivity contribution in [3.63, 3.8) is 0 Å². The van der Waals surface area contributed by atoms with Gasteiger partial charge in [-0.1, -0.05) is 69.7 Å². The number of hydrogen-bond acceptors (Lipinski definition) is 9. The maximum absolute atomic E-state index is 16.1. The molecule has 3 aromatic carbocycles. The highest BCUT2D eigenvalue weighted by Crippen LogP contribution is 2.44. The number of nitrogens with zero attached hydrogens (tertiary/aromatic N) is 3. The molecule has 7 rings (SSSR count). The van der Waals surface area contributed by atoms with Gasteiger partial charge < -0.3 is 35.1 Å². The van der Waals surface area contributed by atoms with Crippen LogP contribution in [0.25, 0.3) is 21.3 Å². The minimum atomic E-state index is -4.30. The number of H-pyrrole nitrogens is 1. The number of rotatable bonds is 19. The largest absolute Gasteiger partial charge is 0.493 e. The second kappa shape index (κ2) is 21.5. The first-order valence-electron chi connectivity index (χ1n) is 23.8. The number of halogens is 5. The van der Waals surface area contributed by atoms with Crippen LogP contribution >= 0.6 is 11.3 Å². The van der Waals surface area contributed by atoms with Gasteiger partial charge in [0.1, 0.15) is 35.1 Å². The first-order valence-corrected chi connectivity index (χ1v) is 24.6. The predicted octanol–water partition coefficient (Wildman–Crippen LogP) is 9.32. The van der Waals surface area contributed by atoms with Crippen LogP contribution in [-0.4, -0.2) is 105 Å². The van der Waals surface area contributed by atoms with Crippen LogP contribution in [0.3, 0.4) is 0 Å². The Balaban J connectivity index is 0.875. The predicted molar refractivity (Wildman–Crippen MR) is 258 cm³/mol. The van der Waals surface area contributed by atoms with E-state index in [2.05, 4.69) is 20.6 Å². The zero-order chi connectivity index (χ0) is 50.7. The van der Waals surface area contributed by atoms with Gasteiger partial charge in [-0.15, -0.1) is 11.3 Å². The minimum absolute atomic E-state index is 0.0298. The van der Waals surface area contributed by atoms with E-state index in [0.717, 1.165) is 55.2 Å². The molecular formula is C52H63F5N6O6S. The topological polar surface area (TPSA) is 149 Å². The van der Waals surface area contributed by atoms with Crippen molar-refractivity contribution in [2.24, 2.45) is 5.41 Å². The van der Waals surface area contributed by atoms with Crippen molar-refractivity contribution in [1.29, 1.82) is 0 Å². The standard InChI is InChI=1S/C52H63F5N6O6S/c1-30-22-37-36-14-10-11-15-40(36)60-43(37)44(63(30)28-51(6,7)55)42-38(53)24-35(25-39(42)54)68-20-12-8-9-13-21-69-52(56,57)49(67)61-46(50(3,4)5)48(66)62-27-34(64)23-41(62)47(65)58-26-32-16-18-33(19-17-32)45-31(2)59-29-70-45/h10-11,14-19,24-25,29-30,34,41,44,46,60,64H,8-9,12-13,20-23,26-28H2,1-7H3,(H,58,65)(H,61,67)/t30-,34-,41+,44-,46-/m1/s1. The number of aromatic amines is 1. The van der Waals surface area contributed by atoms with Gasteiger partial charge in [0.05, 0.1) is 41.4 Å². The highest BCUT2D eigenvalue weighted by molar-refractivity contribution is 7.13. The summed E-state index contributed by atoms with van der Waals surface area (Å²) in [7, 11) is 0. The number of aromatic nitrogens is 2. The number of hydrogen-bond donors (Lipinski definition) is 4. The average molecular weight is 995 g/mol. The van der Waals surface area contributed by atoms with Crippen LogP contribution in [0.4, 0.5) is 22.0 Å². The quantitative estimate of drug-likeness (QED) is 0.0473. The van der Waals surface area contributed by atoms with Crippen LogP contribution in [0.15, 0.2) is 66.2 Å². The van der Waals surface area contributed by atoms with Gasteiger partial charge >= 0.3 is 12.0 Å². The zero-order valence-electron chi connectivity index (χ0n) is 40.6. The van der Waals surface area contributed by atoms with Crippen LogP contribution in [-0.2, 0) is 32.1 Å². The third-order valence-electron chi connectivity index (χ3n) is 12.9. The van der Waals surface area contributed by atoms with E-state index in [-0.39, 0.29) is 56.4 Å². The van der Waals surface area contributed by atoms with E-state index >= 15 is 22.0 Å². The van der Waals surface area contributed by atoms with Gasteiger partial charge in [-0.05, 0) is 81.5 Å². The van der Waals surface area contributed by atoms with E-state index in [1.54, 1.807) is 31.2 Å². The highest BCUT2D eigenvalue weighted by Gasteiger charge is 2.48. The number of amides is 3. The van der Waals surface area contributed by atoms with Crippen LogP contribution in [0, 0.1) is 24.0 Å². The highest BCUT2D eigenvalue weighted by atomic mass is 32.1. The molecule has 0 aliphatic carbocycles. The van der Waals surface area contributed by atoms with Crippen molar-refractivity contribution in [2.75, 3.05) is 26.3 Å². The van der Waals surface area contributed by atoms with Crippen LogP contribution in [0.5, 0.6) is 5.75 Å². The molecule has 70 heavy (non-hydrogen) atoms. The summed E-state index contributed by atoms with van der Waals surface area (Å²) in [5, 5.41) is 16.5. The second-order valence-electron chi connectivity index (χ2n) is 20.2. The van der Waals surface area contributed by atoms with E-state index in [4.69, 9.17) is 9.47 Å². The van der Waals surface area contributed by atoms with E-state index in [1.165, 1.54) is 25.2 Å².